The molecule has 0 bridgehead atoms. The van der Waals surface area contributed by atoms with E-state index in [9.17, 15) is 4.79 Å². The molecule has 1 fully saturated rings. The highest BCUT2D eigenvalue weighted by Gasteiger charge is 2.27. The molecule has 3 aromatic heterocycles. The van der Waals surface area contributed by atoms with Gasteiger partial charge in [-0.25, -0.2) is 9.78 Å². The first kappa shape index (κ1) is 17.5. The summed E-state index contributed by atoms with van der Waals surface area (Å²) in [4.78, 5) is 16.8. The zero-order valence-corrected chi connectivity index (χ0v) is 16.9. The van der Waals surface area contributed by atoms with Crippen LogP contribution in [0.15, 0.2) is 22.1 Å². The second-order valence-electron chi connectivity index (χ2n) is 6.26. The fourth-order valence-electron chi connectivity index (χ4n) is 3.54. The van der Waals surface area contributed by atoms with Gasteiger partial charge in [-0.15, -0.1) is 11.3 Å². The molecule has 0 atom stereocenters. The van der Waals surface area contributed by atoms with Gasteiger partial charge >= 0.3 is 5.97 Å². The van der Waals surface area contributed by atoms with Gasteiger partial charge in [0.2, 0.25) is 5.88 Å². The Morgan fingerprint density at radius 1 is 1.35 bits per heavy atom. The maximum Gasteiger partial charge on any atom is 0.348 e. The van der Waals surface area contributed by atoms with Crippen LogP contribution >= 0.6 is 27.3 Å². The van der Waals surface area contributed by atoms with Gasteiger partial charge in [-0.1, -0.05) is 12.8 Å². The molecule has 4 rings (SSSR count). The van der Waals surface area contributed by atoms with Gasteiger partial charge in [0, 0.05) is 17.1 Å². The van der Waals surface area contributed by atoms with Crippen molar-refractivity contribution in [2.24, 2.45) is 0 Å². The summed E-state index contributed by atoms with van der Waals surface area (Å²) >= 11 is 4.98. The number of esters is 1. The van der Waals surface area contributed by atoms with E-state index in [0.717, 1.165) is 39.5 Å². The minimum atomic E-state index is -0.341. The Morgan fingerprint density at radius 2 is 2.12 bits per heavy atom. The lowest BCUT2D eigenvalue weighted by Crippen LogP contribution is -2.06. The van der Waals surface area contributed by atoms with Crippen LogP contribution in [-0.2, 0) is 4.74 Å². The Morgan fingerprint density at radius 3 is 2.81 bits per heavy atom. The highest BCUT2D eigenvalue weighted by atomic mass is 79.9. The first-order valence-electron chi connectivity index (χ1n) is 8.42. The molecule has 0 N–H and O–H groups in total. The molecule has 1 aliphatic rings. The fraction of sp³-hybridized carbons (Fsp3) is 0.389. The molecule has 0 unspecified atom stereocenters. The molecule has 26 heavy (non-hydrogen) atoms. The second kappa shape index (κ2) is 7.00. The Kier molecular flexibility index (Phi) is 4.71. The molecular weight excluding hydrogens is 418 g/mol. The predicted molar refractivity (Wildman–Crippen MR) is 104 cm³/mol. The number of methoxy groups -OCH3 is 2. The van der Waals surface area contributed by atoms with Gasteiger partial charge in [0.05, 0.1) is 35.6 Å². The van der Waals surface area contributed by atoms with Crippen LogP contribution in [0.2, 0.25) is 0 Å². The van der Waals surface area contributed by atoms with Crippen molar-refractivity contribution in [3.63, 3.8) is 0 Å². The van der Waals surface area contributed by atoms with E-state index in [-0.39, 0.29) is 5.97 Å². The van der Waals surface area contributed by atoms with Crippen LogP contribution in [0.25, 0.3) is 22.2 Å². The number of rotatable bonds is 4. The Balaban J connectivity index is 1.95. The smallest absolute Gasteiger partial charge is 0.348 e. The van der Waals surface area contributed by atoms with E-state index in [0.29, 0.717) is 16.8 Å². The Hall–Kier alpha value is -1.93. The van der Waals surface area contributed by atoms with Crippen molar-refractivity contribution in [2.45, 2.75) is 31.7 Å². The summed E-state index contributed by atoms with van der Waals surface area (Å²) in [7, 11) is 3.00. The molecule has 0 aromatic carbocycles. The van der Waals surface area contributed by atoms with Gasteiger partial charge in [-0.3, -0.25) is 4.68 Å². The maximum atomic E-state index is 11.8. The van der Waals surface area contributed by atoms with Crippen LogP contribution in [0.4, 0.5) is 0 Å². The average Bonchev–Trinajstić information content (AvgIpc) is 3.39. The summed E-state index contributed by atoms with van der Waals surface area (Å²) in [6, 6.07) is 2.19. The summed E-state index contributed by atoms with van der Waals surface area (Å²) in [5, 5.41) is 7.72. The number of thiophene rings is 1. The van der Waals surface area contributed by atoms with Crippen molar-refractivity contribution in [1.82, 2.24) is 14.8 Å². The topological polar surface area (TPSA) is 66.2 Å². The molecule has 3 heterocycles. The van der Waals surface area contributed by atoms with Crippen LogP contribution in [0, 0.1) is 0 Å². The number of nitrogens with zero attached hydrogens (tertiary/aromatic N) is 3. The van der Waals surface area contributed by atoms with E-state index in [1.165, 1.54) is 31.3 Å². The molecule has 8 heteroatoms. The van der Waals surface area contributed by atoms with Crippen LogP contribution in [0.3, 0.4) is 0 Å². The molecule has 1 saturated carbocycles. The van der Waals surface area contributed by atoms with Gasteiger partial charge in [0.1, 0.15) is 10.6 Å². The normalized spacial score (nSPS) is 14.9. The number of carbonyl (C=O) groups excluding carboxylic acids is 1. The van der Waals surface area contributed by atoms with Gasteiger partial charge in [0.25, 0.3) is 0 Å². The lowest BCUT2D eigenvalue weighted by molar-refractivity contribution is 0.0606. The first-order valence-corrected chi connectivity index (χ1v) is 10.1. The molecular formula is C18H18BrN3O3S. The second-order valence-corrected chi connectivity index (χ2v) is 8.03. The third-order valence-corrected chi connectivity index (χ3v) is 6.26. The van der Waals surface area contributed by atoms with Gasteiger partial charge < -0.3 is 9.47 Å². The van der Waals surface area contributed by atoms with Crippen molar-refractivity contribution in [1.29, 1.82) is 0 Å². The van der Waals surface area contributed by atoms with Crippen molar-refractivity contribution in [3.8, 4) is 17.1 Å². The quantitative estimate of drug-likeness (QED) is 0.548. The van der Waals surface area contributed by atoms with Gasteiger partial charge in [-0.05, 0) is 34.8 Å². The van der Waals surface area contributed by atoms with Gasteiger partial charge in [0.15, 0.2) is 0 Å². The zero-order chi connectivity index (χ0) is 18.3. The lowest BCUT2D eigenvalue weighted by Gasteiger charge is -2.12. The number of fused-ring (bicyclic) bond motifs is 1. The predicted octanol–water partition coefficient (Wildman–Crippen LogP) is 4.83. The van der Waals surface area contributed by atoms with Crippen LogP contribution < -0.4 is 4.74 Å². The summed E-state index contributed by atoms with van der Waals surface area (Å²) in [6.45, 7) is 0. The highest BCUT2D eigenvalue weighted by molar-refractivity contribution is 9.10. The Bertz CT molecular complexity index is 976. The number of carbonyl (C=O) groups is 1. The largest absolute Gasteiger partial charge is 0.480 e. The van der Waals surface area contributed by atoms with Crippen molar-refractivity contribution in [2.75, 3.05) is 14.2 Å². The highest BCUT2D eigenvalue weighted by Crippen LogP contribution is 2.42. The van der Waals surface area contributed by atoms with E-state index in [4.69, 9.17) is 14.6 Å². The van der Waals surface area contributed by atoms with Crippen LogP contribution in [0.1, 0.15) is 41.4 Å². The molecule has 0 aliphatic heterocycles. The lowest BCUT2D eigenvalue weighted by atomic mass is 10.1. The third-order valence-electron chi connectivity index (χ3n) is 4.77. The van der Waals surface area contributed by atoms with Gasteiger partial charge in [-0.2, -0.15) is 5.10 Å². The first-order chi connectivity index (χ1) is 12.6. The minimum Gasteiger partial charge on any atom is -0.480 e. The summed E-state index contributed by atoms with van der Waals surface area (Å²) in [5.74, 6) is 0.195. The number of hydrogen-bond acceptors (Lipinski definition) is 6. The zero-order valence-electron chi connectivity index (χ0n) is 14.5. The summed E-state index contributed by atoms with van der Waals surface area (Å²) < 4.78 is 13.3. The number of aromatic nitrogens is 3. The van der Waals surface area contributed by atoms with Crippen LogP contribution in [0.5, 0.6) is 5.88 Å². The monoisotopic (exact) mass is 435 g/mol. The summed E-state index contributed by atoms with van der Waals surface area (Å²) in [5.41, 5.74) is 2.64. The molecule has 0 amide bonds. The molecule has 6 nitrogen and oxygen atoms in total. The number of halogens is 1. The van der Waals surface area contributed by atoms with E-state index < -0.39 is 0 Å². The molecule has 1 aliphatic carbocycles. The molecule has 0 saturated heterocycles. The van der Waals surface area contributed by atoms with Crippen molar-refractivity contribution < 1.29 is 14.3 Å². The standard InChI is InChI=1S/C18H18BrN3O3S/c1-24-17-14-15(10-7-13(26-9-10)18(23)25-2)21-22(11-5-3-4-6-11)16(14)12(19)8-20-17/h7-9,11H,3-6H2,1-2H3. The van der Waals surface area contributed by atoms with E-state index in [2.05, 4.69) is 25.6 Å². The van der Waals surface area contributed by atoms with E-state index >= 15 is 0 Å². The summed E-state index contributed by atoms with van der Waals surface area (Å²) in [6.07, 6.45) is 6.42. The third kappa shape index (κ3) is 2.81. The molecule has 3 aromatic rings. The number of ether oxygens (including phenoxy) is 2. The van der Waals surface area contributed by atoms with E-state index in [1.54, 1.807) is 13.3 Å². The molecule has 0 spiro atoms. The maximum absolute atomic E-state index is 11.8. The molecule has 0 radical (unpaired) electrons. The van der Waals surface area contributed by atoms with Crippen LogP contribution in [-0.4, -0.2) is 35.0 Å². The minimum absolute atomic E-state index is 0.341. The Labute approximate surface area is 163 Å². The number of hydrogen-bond donors (Lipinski definition) is 0. The average molecular weight is 436 g/mol. The number of pyridine rings is 1. The van der Waals surface area contributed by atoms with Crippen molar-refractivity contribution in [3.05, 3.63) is 27.0 Å². The molecule has 136 valence electrons. The SMILES string of the molecule is COC(=O)c1cc(-c2nn(C3CCCC3)c3c(Br)cnc(OC)c23)cs1. The fourth-order valence-corrected chi connectivity index (χ4v) is 4.84. The van der Waals surface area contributed by atoms with E-state index in [1.807, 2.05) is 11.4 Å². The van der Waals surface area contributed by atoms with Crippen molar-refractivity contribution >= 4 is 44.1 Å².